The fourth-order valence-electron chi connectivity index (χ4n) is 0.453. The minimum absolute atomic E-state index is 0. The molecule has 2 nitrogen and oxygen atoms in total. The molecule has 0 saturated heterocycles. The summed E-state index contributed by atoms with van der Waals surface area (Å²) in [5.41, 5.74) is 0. The minimum Gasteiger partial charge on any atom is -1.00 e. The maximum Gasteiger partial charge on any atom is 0.115 e. The molecule has 2 N–H and O–H groups in total. The largest absolute Gasteiger partial charge is 1.00 e. The second-order valence-electron chi connectivity index (χ2n) is 1.52. The molecule has 0 unspecified atom stereocenters. The lowest BCUT2D eigenvalue weighted by Gasteiger charge is -1.88. The summed E-state index contributed by atoms with van der Waals surface area (Å²) in [5.74, 6) is 0.339. The molecule has 0 radical (unpaired) electrons. The number of benzene rings is 1. The van der Waals surface area contributed by atoms with E-state index in [1.807, 2.05) is 0 Å². The van der Waals surface area contributed by atoms with Crippen molar-refractivity contribution in [2.75, 3.05) is 0 Å². The third kappa shape index (κ3) is 2.24. The zero-order valence-electron chi connectivity index (χ0n) is 4.58. The van der Waals surface area contributed by atoms with E-state index in [0.717, 1.165) is 0 Å². The Bertz CT molecular complexity index is 150. The second kappa shape index (κ2) is 3.20. The Morgan fingerprint density at radius 3 is 1.22 bits per heavy atom. The standard InChI is InChI=1S/C6H6O2.ClH/c7-5-1-2-6(8)4-3-5;/h1-4,7-8H;1H/p-1. The van der Waals surface area contributed by atoms with Crippen molar-refractivity contribution < 1.29 is 22.6 Å². The second-order valence-corrected chi connectivity index (χ2v) is 1.52. The summed E-state index contributed by atoms with van der Waals surface area (Å²) in [6, 6.07) is 5.70. The van der Waals surface area contributed by atoms with Gasteiger partial charge in [0.05, 0.1) is 0 Å². The summed E-state index contributed by atoms with van der Waals surface area (Å²) < 4.78 is 0. The van der Waals surface area contributed by atoms with Crippen LogP contribution < -0.4 is 12.4 Å². The minimum atomic E-state index is 0. The first-order valence-corrected chi connectivity index (χ1v) is 2.27. The summed E-state index contributed by atoms with van der Waals surface area (Å²) in [6.45, 7) is 0. The van der Waals surface area contributed by atoms with E-state index in [1.165, 1.54) is 24.3 Å². The lowest BCUT2D eigenvalue weighted by atomic mass is 10.3. The highest BCUT2D eigenvalue weighted by molar-refractivity contribution is 5.28. The van der Waals surface area contributed by atoms with Crippen LogP contribution in [0.5, 0.6) is 11.5 Å². The molecule has 0 fully saturated rings. The number of rotatable bonds is 0. The first-order valence-electron chi connectivity index (χ1n) is 2.27. The molecule has 0 atom stereocenters. The van der Waals surface area contributed by atoms with E-state index in [-0.39, 0.29) is 23.9 Å². The van der Waals surface area contributed by atoms with E-state index in [2.05, 4.69) is 0 Å². The Morgan fingerprint density at radius 1 is 0.778 bits per heavy atom. The highest BCUT2D eigenvalue weighted by atomic mass is 35.5. The van der Waals surface area contributed by atoms with Crippen LogP contribution in [0.2, 0.25) is 0 Å². The maximum atomic E-state index is 8.65. The summed E-state index contributed by atoms with van der Waals surface area (Å²) in [5, 5.41) is 17.3. The van der Waals surface area contributed by atoms with Crippen molar-refractivity contribution in [1.82, 2.24) is 0 Å². The molecule has 0 aromatic heterocycles. The third-order valence-corrected chi connectivity index (χ3v) is 0.850. The van der Waals surface area contributed by atoms with E-state index < -0.39 is 0 Å². The molecule has 0 aliphatic heterocycles. The molecule has 50 valence electrons. The molecule has 0 bridgehead atoms. The summed E-state index contributed by atoms with van der Waals surface area (Å²) in [7, 11) is 0. The number of phenolic OH excluding ortho intramolecular Hbond substituents is 2. The number of aromatic hydroxyl groups is 2. The average Bonchev–Trinajstić information content (AvgIpc) is 1.77. The van der Waals surface area contributed by atoms with E-state index in [4.69, 9.17) is 10.2 Å². The van der Waals surface area contributed by atoms with Gasteiger partial charge in [-0.05, 0) is 24.3 Å². The van der Waals surface area contributed by atoms with E-state index >= 15 is 0 Å². The topological polar surface area (TPSA) is 40.5 Å². The zero-order valence-corrected chi connectivity index (χ0v) is 5.34. The summed E-state index contributed by atoms with van der Waals surface area (Å²) in [4.78, 5) is 0. The van der Waals surface area contributed by atoms with Crippen molar-refractivity contribution in [3.05, 3.63) is 24.3 Å². The van der Waals surface area contributed by atoms with Crippen LogP contribution >= 0.6 is 0 Å². The van der Waals surface area contributed by atoms with Crippen LogP contribution in [-0.4, -0.2) is 10.2 Å². The lowest BCUT2D eigenvalue weighted by Crippen LogP contribution is -3.00. The number of hydrogen-bond acceptors (Lipinski definition) is 2. The Morgan fingerprint density at radius 2 is 1.00 bits per heavy atom. The van der Waals surface area contributed by atoms with Gasteiger partial charge in [-0.2, -0.15) is 0 Å². The van der Waals surface area contributed by atoms with Crippen molar-refractivity contribution in [1.29, 1.82) is 0 Å². The van der Waals surface area contributed by atoms with Crippen molar-refractivity contribution in [2.24, 2.45) is 0 Å². The zero-order chi connectivity index (χ0) is 5.98. The molecular weight excluding hydrogens is 140 g/mol. The molecule has 0 amide bonds. The normalized spacial score (nSPS) is 8.00. The predicted molar refractivity (Wildman–Crippen MR) is 29.8 cm³/mol. The maximum absolute atomic E-state index is 8.65. The van der Waals surface area contributed by atoms with Gasteiger partial charge in [-0.1, -0.05) is 0 Å². The van der Waals surface area contributed by atoms with Gasteiger partial charge in [0.25, 0.3) is 0 Å². The van der Waals surface area contributed by atoms with E-state index in [1.54, 1.807) is 0 Å². The summed E-state index contributed by atoms with van der Waals surface area (Å²) >= 11 is 0. The van der Waals surface area contributed by atoms with Crippen LogP contribution in [0.25, 0.3) is 0 Å². The van der Waals surface area contributed by atoms with Gasteiger partial charge >= 0.3 is 0 Å². The fraction of sp³-hybridized carbons (Fsp3) is 0. The lowest BCUT2D eigenvalue weighted by molar-refractivity contribution is -0.00000369. The van der Waals surface area contributed by atoms with Crippen LogP contribution in [0.3, 0.4) is 0 Å². The SMILES string of the molecule is Oc1ccc(O)cc1.[Cl-]. The fourth-order valence-corrected chi connectivity index (χ4v) is 0.453. The molecule has 1 aromatic rings. The molecule has 9 heavy (non-hydrogen) atoms. The molecule has 0 spiro atoms. The van der Waals surface area contributed by atoms with Crippen LogP contribution in [0.1, 0.15) is 0 Å². The van der Waals surface area contributed by atoms with Crippen LogP contribution in [0.4, 0.5) is 0 Å². The molecule has 0 aliphatic rings. The number of hydrogen-bond donors (Lipinski definition) is 2. The van der Waals surface area contributed by atoms with Crippen LogP contribution in [0, 0.1) is 0 Å². The van der Waals surface area contributed by atoms with Gasteiger partial charge in [-0.25, -0.2) is 0 Å². The quantitative estimate of drug-likeness (QED) is 0.419. The molecular formula is C6H6ClO2-. The third-order valence-electron chi connectivity index (χ3n) is 0.850. The van der Waals surface area contributed by atoms with Gasteiger partial charge in [0.1, 0.15) is 11.5 Å². The van der Waals surface area contributed by atoms with Crippen molar-refractivity contribution in [3.63, 3.8) is 0 Å². The van der Waals surface area contributed by atoms with Gasteiger partial charge in [0.2, 0.25) is 0 Å². The highest BCUT2D eigenvalue weighted by Crippen LogP contribution is 2.13. The molecule has 1 rings (SSSR count). The number of halogens is 1. The Hall–Kier alpha value is -0.890. The van der Waals surface area contributed by atoms with Crippen LogP contribution in [0.15, 0.2) is 24.3 Å². The highest BCUT2D eigenvalue weighted by Gasteiger charge is 1.84. The van der Waals surface area contributed by atoms with Gasteiger partial charge in [-0.3, -0.25) is 0 Å². The molecule has 0 heterocycles. The van der Waals surface area contributed by atoms with Gasteiger partial charge < -0.3 is 22.6 Å². The van der Waals surface area contributed by atoms with Gasteiger partial charge in [-0.15, -0.1) is 0 Å². The molecule has 0 saturated carbocycles. The smallest absolute Gasteiger partial charge is 0.115 e. The average molecular weight is 146 g/mol. The predicted octanol–water partition coefficient (Wildman–Crippen LogP) is -1.90. The number of phenols is 2. The Kier molecular flexibility index (Phi) is 2.88. The van der Waals surface area contributed by atoms with E-state index in [9.17, 15) is 0 Å². The molecule has 3 heteroatoms. The first kappa shape index (κ1) is 8.11. The molecule has 0 aliphatic carbocycles. The first-order chi connectivity index (χ1) is 3.79. The molecule has 1 aromatic carbocycles. The van der Waals surface area contributed by atoms with Crippen LogP contribution in [-0.2, 0) is 0 Å². The van der Waals surface area contributed by atoms with Gasteiger partial charge in [0.15, 0.2) is 0 Å². The van der Waals surface area contributed by atoms with Crippen molar-refractivity contribution >= 4 is 0 Å². The van der Waals surface area contributed by atoms with Gasteiger partial charge in [0, 0.05) is 0 Å². The van der Waals surface area contributed by atoms with Crippen molar-refractivity contribution in [3.8, 4) is 11.5 Å². The Labute approximate surface area is 59.2 Å². The monoisotopic (exact) mass is 145 g/mol. The van der Waals surface area contributed by atoms with E-state index in [0.29, 0.717) is 0 Å². The Balaban J connectivity index is 0.000000640. The van der Waals surface area contributed by atoms with Crippen molar-refractivity contribution in [2.45, 2.75) is 0 Å². The summed E-state index contributed by atoms with van der Waals surface area (Å²) in [6.07, 6.45) is 0.